The molecule has 0 unspecified atom stereocenters. The van der Waals surface area contributed by atoms with E-state index >= 15 is 0 Å². The van der Waals surface area contributed by atoms with Gasteiger partial charge in [-0.2, -0.15) is 0 Å². The van der Waals surface area contributed by atoms with Gasteiger partial charge < -0.3 is 19.3 Å². The zero-order chi connectivity index (χ0) is 16.8. The van der Waals surface area contributed by atoms with Crippen LogP contribution in [0.3, 0.4) is 0 Å². The second-order valence-corrected chi connectivity index (χ2v) is 6.54. The summed E-state index contributed by atoms with van der Waals surface area (Å²) in [6.07, 6.45) is 1.66. The van der Waals surface area contributed by atoms with Crippen LogP contribution in [-0.4, -0.2) is 17.7 Å². The number of ketones is 1. The van der Waals surface area contributed by atoms with Crippen molar-refractivity contribution in [1.82, 2.24) is 0 Å². The summed E-state index contributed by atoms with van der Waals surface area (Å²) in [5.41, 5.74) is 2.63. The monoisotopic (exact) mass is 388 g/mol. The molecular weight excluding hydrogens is 376 g/mol. The third-order valence-corrected chi connectivity index (χ3v) is 4.51. The van der Waals surface area contributed by atoms with E-state index in [1.165, 1.54) is 6.07 Å². The summed E-state index contributed by atoms with van der Waals surface area (Å²) >= 11 is 3.46. The SMILES string of the molecule is Cc1c(O)ccc2c1O/C(=C\c1cc(Br)cc3c1OCOC3)C2=O. The highest BCUT2D eigenvalue weighted by atomic mass is 79.9. The zero-order valence-corrected chi connectivity index (χ0v) is 14.3. The molecule has 0 amide bonds. The minimum absolute atomic E-state index is 0.100. The average molecular weight is 389 g/mol. The molecule has 2 heterocycles. The van der Waals surface area contributed by atoms with E-state index in [-0.39, 0.29) is 24.1 Å². The van der Waals surface area contributed by atoms with Gasteiger partial charge in [-0.3, -0.25) is 4.79 Å². The van der Waals surface area contributed by atoms with Gasteiger partial charge in [-0.15, -0.1) is 0 Å². The lowest BCUT2D eigenvalue weighted by Gasteiger charge is -2.20. The van der Waals surface area contributed by atoms with Crippen LogP contribution in [0.4, 0.5) is 0 Å². The largest absolute Gasteiger partial charge is 0.508 e. The number of carbonyl (C=O) groups is 1. The molecule has 0 atom stereocenters. The van der Waals surface area contributed by atoms with E-state index in [4.69, 9.17) is 14.2 Å². The van der Waals surface area contributed by atoms with Gasteiger partial charge in [0.25, 0.3) is 0 Å². The molecule has 0 aromatic heterocycles. The Morgan fingerprint density at radius 1 is 1.25 bits per heavy atom. The third kappa shape index (κ3) is 2.39. The van der Waals surface area contributed by atoms with Gasteiger partial charge in [-0.1, -0.05) is 15.9 Å². The van der Waals surface area contributed by atoms with Gasteiger partial charge in [0, 0.05) is 21.2 Å². The first-order valence-electron chi connectivity index (χ1n) is 7.34. The fourth-order valence-corrected chi connectivity index (χ4v) is 3.36. The van der Waals surface area contributed by atoms with Crippen molar-refractivity contribution < 1.29 is 24.1 Å². The number of halogens is 1. The fourth-order valence-electron chi connectivity index (χ4n) is 2.83. The molecule has 0 fully saturated rings. The molecule has 2 aromatic carbocycles. The summed E-state index contributed by atoms with van der Waals surface area (Å²) in [5, 5.41) is 9.79. The Hall–Kier alpha value is -2.31. The van der Waals surface area contributed by atoms with E-state index in [0.717, 1.165) is 15.6 Å². The maximum absolute atomic E-state index is 12.6. The van der Waals surface area contributed by atoms with Crippen molar-refractivity contribution >= 4 is 27.8 Å². The van der Waals surface area contributed by atoms with Gasteiger partial charge in [0.15, 0.2) is 12.6 Å². The Morgan fingerprint density at radius 2 is 2.08 bits per heavy atom. The first kappa shape index (κ1) is 15.2. The molecule has 1 N–H and O–H groups in total. The lowest BCUT2D eigenvalue weighted by atomic mass is 10.0. The number of phenols is 1. The quantitative estimate of drug-likeness (QED) is 0.749. The summed E-state index contributed by atoms with van der Waals surface area (Å²) in [5.74, 6) is 1.18. The minimum Gasteiger partial charge on any atom is -0.508 e. The Labute approximate surface area is 146 Å². The summed E-state index contributed by atoms with van der Waals surface area (Å²) in [6.45, 7) is 2.34. The highest BCUT2D eigenvalue weighted by molar-refractivity contribution is 9.10. The number of phenolic OH excluding ortho intramolecular Hbond substituents is 1. The van der Waals surface area contributed by atoms with Crippen molar-refractivity contribution in [2.24, 2.45) is 0 Å². The summed E-state index contributed by atoms with van der Waals surface area (Å²) in [6, 6.07) is 6.85. The van der Waals surface area contributed by atoms with Crippen molar-refractivity contribution in [3.05, 3.63) is 56.8 Å². The van der Waals surface area contributed by atoms with Crippen LogP contribution in [0, 0.1) is 6.92 Å². The van der Waals surface area contributed by atoms with Gasteiger partial charge in [0.1, 0.15) is 17.2 Å². The van der Waals surface area contributed by atoms with Crippen LogP contribution in [-0.2, 0) is 11.3 Å². The number of hydrogen-bond donors (Lipinski definition) is 1. The Balaban J connectivity index is 1.80. The van der Waals surface area contributed by atoms with E-state index < -0.39 is 0 Å². The molecule has 4 rings (SSSR count). The van der Waals surface area contributed by atoms with Gasteiger partial charge in [-0.25, -0.2) is 0 Å². The highest BCUT2D eigenvalue weighted by Gasteiger charge is 2.30. The van der Waals surface area contributed by atoms with Gasteiger partial charge in [-0.05, 0) is 37.3 Å². The summed E-state index contributed by atoms with van der Waals surface area (Å²) in [4.78, 5) is 12.6. The van der Waals surface area contributed by atoms with Crippen LogP contribution in [0.1, 0.15) is 27.0 Å². The number of fused-ring (bicyclic) bond motifs is 2. The van der Waals surface area contributed by atoms with Crippen LogP contribution >= 0.6 is 15.9 Å². The number of allylic oxidation sites excluding steroid dienone is 1. The smallest absolute Gasteiger partial charge is 0.231 e. The number of hydrogen-bond acceptors (Lipinski definition) is 5. The number of rotatable bonds is 1. The van der Waals surface area contributed by atoms with Gasteiger partial charge >= 0.3 is 0 Å². The maximum atomic E-state index is 12.6. The molecule has 0 aliphatic carbocycles. The molecule has 0 saturated heterocycles. The first-order valence-corrected chi connectivity index (χ1v) is 8.13. The first-order chi connectivity index (χ1) is 11.5. The molecule has 0 radical (unpaired) electrons. The lowest BCUT2D eigenvalue weighted by Crippen LogP contribution is -2.12. The predicted octanol–water partition coefficient (Wildman–Crippen LogP) is 3.95. The number of ether oxygens (including phenoxy) is 3. The molecule has 24 heavy (non-hydrogen) atoms. The van der Waals surface area contributed by atoms with Crippen molar-refractivity contribution in [1.29, 1.82) is 0 Å². The molecule has 2 aromatic rings. The van der Waals surface area contributed by atoms with E-state index in [1.54, 1.807) is 19.1 Å². The van der Waals surface area contributed by atoms with Crippen molar-refractivity contribution in [2.45, 2.75) is 13.5 Å². The molecule has 122 valence electrons. The molecule has 5 nitrogen and oxygen atoms in total. The van der Waals surface area contributed by atoms with E-state index in [1.807, 2.05) is 12.1 Å². The second-order valence-electron chi connectivity index (χ2n) is 5.62. The van der Waals surface area contributed by atoms with Crippen LogP contribution in [0.2, 0.25) is 0 Å². The van der Waals surface area contributed by atoms with E-state index in [0.29, 0.717) is 29.2 Å². The summed E-state index contributed by atoms with van der Waals surface area (Å²) < 4.78 is 17.4. The predicted molar refractivity (Wildman–Crippen MR) is 90.2 cm³/mol. The second kappa shape index (κ2) is 5.65. The number of Topliss-reactive ketones (excluding diaryl/α,β-unsaturated/α-hetero) is 1. The zero-order valence-electron chi connectivity index (χ0n) is 12.8. The average Bonchev–Trinajstić information content (AvgIpc) is 2.88. The number of aromatic hydroxyl groups is 1. The standard InChI is InChI=1S/C18H13BrO5/c1-9-14(20)3-2-13-16(21)15(24-17(9)13)6-10-4-12(19)5-11-7-22-8-23-18(10)11/h2-6,20H,7-8H2,1H3/b15-6-. The van der Waals surface area contributed by atoms with Crippen LogP contribution < -0.4 is 9.47 Å². The normalized spacial score (nSPS) is 17.2. The third-order valence-electron chi connectivity index (χ3n) is 4.05. The van der Waals surface area contributed by atoms with Crippen molar-refractivity contribution in [3.8, 4) is 17.2 Å². The fraction of sp³-hybridized carbons (Fsp3) is 0.167. The molecule has 2 aliphatic heterocycles. The molecule has 6 heteroatoms. The Morgan fingerprint density at radius 3 is 2.92 bits per heavy atom. The van der Waals surface area contributed by atoms with Gasteiger partial charge in [0.05, 0.1) is 12.2 Å². The topological polar surface area (TPSA) is 65.0 Å². The minimum atomic E-state index is -0.214. The van der Waals surface area contributed by atoms with Crippen molar-refractivity contribution in [3.63, 3.8) is 0 Å². The number of benzene rings is 2. The van der Waals surface area contributed by atoms with Crippen LogP contribution in [0.15, 0.2) is 34.5 Å². The van der Waals surface area contributed by atoms with Crippen molar-refractivity contribution in [2.75, 3.05) is 6.79 Å². The highest BCUT2D eigenvalue weighted by Crippen LogP contribution is 2.40. The molecule has 0 saturated carbocycles. The number of carbonyl (C=O) groups excluding carboxylic acids is 1. The Bertz CT molecular complexity index is 901. The van der Waals surface area contributed by atoms with Crippen LogP contribution in [0.5, 0.6) is 17.2 Å². The molecular formula is C18H13BrO5. The van der Waals surface area contributed by atoms with E-state index in [2.05, 4.69) is 15.9 Å². The Kier molecular flexibility index (Phi) is 3.58. The molecule has 0 bridgehead atoms. The van der Waals surface area contributed by atoms with E-state index in [9.17, 15) is 9.90 Å². The molecule has 2 aliphatic rings. The van der Waals surface area contributed by atoms with Crippen LogP contribution in [0.25, 0.3) is 6.08 Å². The summed E-state index contributed by atoms with van der Waals surface area (Å²) in [7, 11) is 0. The maximum Gasteiger partial charge on any atom is 0.231 e. The lowest BCUT2D eigenvalue weighted by molar-refractivity contribution is -0.0165. The van der Waals surface area contributed by atoms with Gasteiger partial charge in [0.2, 0.25) is 5.78 Å². The molecule has 0 spiro atoms.